The van der Waals surface area contributed by atoms with Gasteiger partial charge in [0.25, 0.3) is 0 Å². The van der Waals surface area contributed by atoms with Crippen molar-refractivity contribution in [2.75, 3.05) is 32.8 Å². The number of ether oxygens (including phenoxy) is 1. The lowest BCUT2D eigenvalue weighted by atomic mass is 9.99. The van der Waals surface area contributed by atoms with Crippen molar-refractivity contribution in [3.63, 3.8) is 0 Å². The molecule has 116 valence electrons. The number of nitrogens with one attached hydrogen (secondary N) is 1. The smallest absolute Gasteiger partial charge is 0.228 e. The van der Waals surface area contributed by atoms with Crippen LogP contribution in [0.2, 0.25) is 0 Å². The van der Waals surface area contributed by atoms with E-state index >= 15 is 0 Å². The molecule has 1 aromatic carbocycles. The van der Waals surface area contributed by atoms with Crippen LogP contribution >= 0.6 is 12.4 Å². The van der Waals surface area contributed by atoms with Crippen LogP contribution in [-0.4, -0.2) is 43.7 Å². The molecule has 0 radical (unpaired) electrons. The van der Waals surface area contributed by atoms with Crippen molar-refractivity contribution in [3.8, 4) is 0 Å². The normalized spacial score (nSPS) is 25.5. The number of piperazine rings is 1. The van der Waals surface area contributed by atoms with Gasteiger partial charge in [0.2, 0.25) is 5.91 Å². The molecule has 1 N–H and O–H groups in total. The first-order chi connectivity index (χ1) is 9.75. The Morgan fingerprint density at radius 2 is 2.29 bits per heavy atom. The molecular formula is C15H20ClFN2O2. The second-order valence-corrected chi connectivity index (χ2v) is 5.37. The van der Waals surface area contributed by atoms with E-state index in [4.69, 9.17) is 4.74 Å². The number of carbonyl (C=O) groups is 1. The van der Waals surface area contributed by atoms with Gasteiger partial charge in [-0.05, 0) is 24.1 Å². The maximum absolute atomic E-state index is 13.4. The summed E-state index contributed by atoms with van der Waals surface area (Å²) in [4.78, 5) is 14.5. The van der Waals surface area contributed by atoms with Gasteiger partial charge in [-0.3, -0.25) is 4.79 Å². The summed E-state index contributed by atoms with van der Waals surface area (Å²) in [7, 11) is 0. The summed E-state index contributed by atoms with van der Waals surface area (Å²) in [5.74, 6) is -0.160. The van der Waals surface area contributed by atoms with Crippen LogP contribution in [0.15, 0.2) is 24.3 Å². The Morgan fingerprint density at radius 1 is 1.43 bits per heavy atom. The summed E-state index contributed by atoms with van der Waals surface area (Å²) in [5, 5.41) is 3.28. The number of carbonyl (C=O) groups excluding carboxylic acids is 1. The molecule has 3 rings (SSSR count). The van der Waals surface area contributed by atoms with E-state index in [9.17, 15) is 9.18 Å². The molecule has 4 nitrogen and oxygen atoms in total. The van der Waals surface area contributed by atoms with E-state index in [0.717, 1.165) is 18.5 Å². The topological polar surface area (TPSA) is 41.6 Å². The van der Waals surface area contributed by atoms with Gasteiger partial charge < -0.3 is 15.0 Å². The third-order valence-electron chi connectivity index (χ3n) is 4.04. The molecule has 21 heavy (non-hydrogen) atoms. The van der Waals surface area contributed by atoms with Crippen LogP contribution in [0.4, 0.5) is 4.39 Å². The fourth-order valence-corrected chi connectivity index (χ4v) is 2.94. The van der Waals surface area contributed by atoms with Crippen molar-refractivity contribution in [1.82, 2.24) is 10.2 Å². The van der Waals surface area contributed by atoms with Gasteiger partial charge in [-0.15, -0.1) is 12.4 Å². The number of hydrogen-bond donors (Lipinski definition) is 1. The predicted molar refractivity (Wildman–Crippen MR) is 79.9 cm³/mol. The minimum Gasteiger partial charge on any atom is -0.381 e. The van der Waals surface area contributed by atoms with Crippen LogP contribution < -0.4 is 5.32 Å². The molecule has 6 heteroatoms. The molecule has 2 aliphatic heterocycles. The van der Waals surface area contributed by atoms with Crippen LogP contribution in [0.5, 0.6) is 0 Å². The highest BCUT2D eigenvalue weighted by atomic mass is 35.5. The quantitative estimate of drug-likeness (QED) is 0.904. The van der Waals surface area contributed by atoms with Crippen molar-refractivity contribution in [2.24, 2.45) is 5.92 Å². The molecule has 1 amide bonds. The zero-order valence-corrected chi connectivity index (χ0v) is 12.6. The fourth-order valence-electron chi connectivity index (χ4n) is 2.94. The second-order valence-electron chi connectivity index (χ2n) is 5.37. The van der Waals surface area contributed by atoms with Crippen LogP contribution in [0.1, 0.15) is 18.0 Å². The third-order valence-corrected chi connectivity index (χ3v) is 4.04. The molecule has 2 fully saturated rings. The second kappa shape index (κ2) is 7.20. The van der Waals surface area contributed by atoms with Gasteiger partial charge in [0.15, 0.2) is 0 Å². The number of rotatable bonds is 2. The van der Waals surface area contributed by atoms with Gasteiger partial charge in [0.1, 0.15) is 5.82 Å². The third kappa shape index (κ3) is 3.54. The molecule has 0 spiro atoms. The summed E-state index contributed by atoms with van der Waals surface area (Å²) < 4.78 is 18.7. The van der Waals surface area contributed by atoms with Crippen molar-refractivity contribution in [3.05, 3.63) is 35.6 Å². The summed E-state index contributed by atoms with van der Waals surface area (Å²) >= 11 is 0. The minimum absolute atomic E-state index is 0. The van der Waals surface area contributed by atoms with Gasteiger partial charge >= 0.3 is 0 Å². The minimum atomic E-state index is -0.260. The van der Waals surface area contributed by atoms with E-state index in [1.165, 1.54) is 12.1 Å². The monoisotopic (exact) mass is 314 g/mol. The molecule has 2 saturated heterocycles. The Kier molecular flexibility index (Phi) is 5.56. The highest BCUT2D eigenvalue weighted by Crippen LogP contribution is 2.26. The van der Waals surface area contributed by atoms with Gasteiger partial charge in [0, 0.05) is 26.2 Å². The van der Waals surface area contributed by atoms with E-state index in [2.05, 4.69) is 5.32 Å². The van der Waals surface area contributed by atoms with Gasteiger partial charge in [-0.2, -0.15) is 0 Å². The van der Waals surface area contributed by atoms with Crippen molar-refractivity contribution >= 4 is 18.3 Å². The van der Waals surface area contributed by atoms with E-state index in [0.29, 0.717) is 26.3 Å². The molecule has 2 atom stereocenters. The number of hydrogen-bond acceptors (Lipinski definition) is 3. The fraction of sp³-hybridized carbons (Fsp3) is 0.533. The molecular weight excluding hydrogens is 295 g/mol. The number of benzene rings is 1. The van der Waals surface area contributed by atoms with Crippen LogP contribution in [0.25, 0.3) is 0 Å². The lowest BCUT2D eigenvalue weighted by Crippen LogP contribution is -2.50. The van der Waals surface area contributed by atoms with Gasteiger partial charge in [-0.25, -0.2) is 4.39 Å². The summed E-state index contributed by atoms with van der Waals surface area (Å²) in [5.41, 5.74) is 0.851. The molecule has 2 unspecified atom stereocenters. The molecule has 0 aliphatic carbocycles. The first-order valence-electron chi connectivity index (χ1n) is 7.10. The Labute approximate surface area is 130 Å². The Morgan fingerprint density at radius 3 is 3.00 bits per heavy atom. The van der Waals surface area contributed by atoms with Crippen molar-refractivity contribution in [1.29, 1.82) is 0 Å². The Hall–Kier alpha value is -1.17. The molecule has 0 aromatic heterocycles. The first kappa shape index (κ1) is 16.2. The number of halogens is 2. The molecule has 0 saturated carbocycles. The van der Waals surface area contributed by atoms with Crippen molar-refractivity contribution in [2.45, 2.75) is 12.5 Å². The summed E-state index contributed by atoms with van der Waals surface area (Å²) in [6, 6.07) is 6.43. The zero-order chi connectivity index (χ0) is 13.9. The standard InChI is InChI=1S/C15H19FN2O2.ClH/c16-13-3-1-2-11(8-13)14-9-17-5-6-18(14)15(19)12-4-7-20-10-12;/h1-3,8,12,14,17H,4-7,9-10H2;1H. The Balaban J connectivity index is 0.00000161. The predicted octanol–water partition coefficient (Wildman–Crippen LogP) is 1.76. The van der Waals surface area contributed by atoms with Crippen molar-refractivity contribution < 1.29 is 13.9 Å². The van der Waals surface area contributed by atoms with Gasteiger partial charge in [-0.1, -0.05) is 12.1 Å². The average molecular weight is 315 g/mol. The molecule has 2 heterocycles. The summed E-state index contributed by atoms with van der Waals surface area (Å²) in [6.45, 7) is 3.29. The first-order valence-corrected chi connectivity index (χ1v) is 7.10. The van der Waals surface area contributed by atoms with Crippen LogP contribution in [-0.2, 0) is 9.53 Å². The van der Waals surface area contributed by atoms with Crippen LogP contribution in [0, 0.1) is 11.7 Å². The largest absolute Gasteiger partial charge is 0.381 e. The summed E-state index contributed by atoms with van der Waals surface area (Å²) in [6.07, 6.45) is 0.790. The molecule has 1 aromatic rings. The van der Waals surface area contributed by atoms with Gasteiger partial charge in [0.05, 0.1) is 18.6 Å². The van der Waals surface area contributed by atoms with E-state index < -0.39 is 0 Å². The van der Waals surface area contributed by atoms with E-state index in [-0.39, 0.29) is 36.1 Å². The maximum atomic E-state index is 13.4. The highest BCUT2D eigenvalue weighted by Gasteiger charge is 2.34. The zero-order valence-electron chi connectivity index (χ0n) is 11.8. The maximum Gasteiger partial charge on any atom is 0.228 e. The van der Waals surface area contributed by atoms with Crippen LogP contribution in [0.3, 0.4) is 0 Å². The number of amides is 1. The number of nitrogens with zero attached hydrogens (tertiary/aromatic N) is 1. The SMILES string of the molecule is Cl.O=C(C1CCOC1)N1CCNCC1c1cccc(F)c1. The molecule has 0 bridgehead atoms. The van der Waals surface area contributed by atoms with E-state index in [1.807, 2.05) is 11.0 Å². The van der Waals surface area contributed by atoms with E-state index in [1.54, 1.807) is 6.07 Å². The Bertz CT molecular complexity index is 494. The lowest BCUT2D eigenvalue weighted by molar-refractivity contribution is -0.139. The highest BCUT2D eigenvalue weighted by molar-refractivity contribution is 5.85. The molecule has 2 aliphatic rings. The average Bonchev–Trinajstić information content (AvgIpc) is 3.01. The lowest BCUT2D eigenvalue weighted by Gasteiger charge is -2.37.